The smallest absolute Gasteiger partial charge is 0.393 e. The second-order valence-corrected chi connectivity index (χ2v) is 4.94. The quantitative estimate of drug-likeness (QED) is 0.787. The third-order valence-corrected chi connectivity index (χ3v) is 3.30. The Hall–Kier alpha value is -0.990. The zero-order valence-corrected chi connectivity index (χ0v) is 10.4. The van der Waals surface area contributed by atoms with E-state index in [0.29, 0.717) is 25.7 Å². The van der Waals surface area contributed by atoms with E-state index in [-0.39, 0.29) is 12.5 Å². The van der Waals surface area contributed by atoms with Crippen LogP contribution in [0.2, 0.25) is 0 Å². The van der Waals surface area contributed by atoms with Gasteiger partial charge in [-0.05, 0) is 31.6 Å². The first kappa shape index (κ1) is 17.1. The highest BCUT2D eigenvalue weighted by Crippen LogP contribution is 2.39. The van der Waals surface area contributed by atoms with Gasteiger partial charge in [0, 0.05) is 6.54 Å². The molecular formula is C11H15F6NO2. The predicted octanol–water partition coefficient (Wildman–Crippen LogP) is 2.39. The molecule has 118 valence electrons. The summed E-state index contributed by atoms with van der Waals surface area (Å²) in [6, 6.07) is 0. The minimum atomic E-state index is -5.66. The van der Waals surface area contributed by atoms with Gasteiger partial charge in [-0.2, -0.15) is 26.3 Å². The molecule has 0 spiro atoms. The molecular weight excluding hydrogens is 292 g/mol. The van der Waals surface area contributed by atoms with Crippen LogP contribution in [0.15, 0.2) is 0 Å². The molecule has 0 aromatic heterocycles. The second kappa shape index (κ2) is 6.19. The Morgan fingerprint density at radius 1 is 1.05 bits per heavy atom. The van der Waals surface area contributed by atoms with Gasteiger partial charge in [0.1, 0.15) is 0 Å². The summed E-state index contributed by atoms with van der Waals surface area (Å²) < 4.78 is 73.6. The van der Waals surface area contributed by atoms with Crippen LogP contribution in [0.4, 0.5) is 26.3 Å². The molecule has 1 fully saturated rings. The van der Waals surface area contributed by atoms with E-state index < -0.39 is 30.3 Å². The minimum absolute atomic E-state index is 0.204. The number of alkyl halides is 6. The van der Waals surface area contributed by atoms with Gasteiger partial charge in [0.2, 0.25) is 11.8 Å². The second-order valence-electron chi connectivity index (χ2n) is 4.94. The maximum absolute atomic E-state index is 12.3. The third kappa shape index (κ3) is 4.84. The van der Waals surface area contributed by atoms with E-state index in [0.717, 1.165) is 0 Å². The van der Waals surface area contributed by atoms with Crippen LogP contribution in [-0.2, 0) is 4.79 Å². The van der Waals surface area contributed by atoms with Crippen molar-refractivity contribution >= 4 is 5.91 Å². The van der Waals surface area contributed by atoms with Gasteiger partial charge in [-0.25, -0.2) is 0 Å². The van der Waals surface area contributed by atoms with Crippen molar-refractivity contribution < 1.29 is 36.2 Å². The molecule has 0 atom stereocenters. The fourth-order valence-electron chi connectivity index (χ4n) is 2.18. The van der Waals surface area contributed by atoms with E-state index in [2.05, 4.69) is 0 Å². The van der Waals surface area contributed by atoms with Crippen LogP contribution in [0.1, 0.15) is 25.7 Å². The van der Waals surface area contributed by atoms with Crippen molar-refractivity contribution in [1.82, 2.24) is 5.32 Å². The van der Waals surface area contributed by atoms with E-state index in [9.17, 15) is 36.2 Å². The fourth-order valence-corrected chi connectivity index (χ4v) is 2.18. The van der Waals surface area contributed by atoms with Gasteiger partial charge in [0.05, 0.1) is 6.10 Å². The SMILES string of the molecule is O=C(NCC1CCC(O)CC1)C(C(F)(F)F)C(F)(F)F. The molecule has 0 aliphatic heterocycles. The predicted molar refractivity (Wildman–Crippen MR) is 56.6 cm³/mol. The molecule has 1 amide bonds. The van der Waals surface area contributed by atoms with Gasteiger partial charge in [-0.3, -0.25) is 4.79 Å². The molecule has 0 aromatic carbocycles. The molecule has 0 bridgehead atoms. The summed E-state index contributed by atoms with van der Waals surface area (Å²) in [4.78, 5) is 11.1. The van der Waals surface area contributed by atoms with Crippen molar-refractivity contribution in [3.8, 4) is 0 Å². The summed E-state index contributed by atoms with van der Waals surface area (Å²) >= 11 is 0. The third-order valence-electron chi connectivity index (χ3n) is 3.30. The molecule has 0 saturated heterocycles. The number of aliphatic hydroxyl groups excluding tert-OH is 1. The zero-order valence-electron chi connectivity index (χ0n) is 10.4. The zero-order chi connectivity index (χ0) is 15.6. The Morgan fingerprint density at radius 2 is 1.50 bits per heavy atom. The molecule has 9 heteroatoms. The van der Waals surface area contributed by atoms with E-state index in [1.54, 1.807) is 5.32 Å². The Morgan fingerprint density at radius 3 is 1.90 bits per heavy atom. The van der Waals surface area contributed by atoms with E-state index >= 15 is 0 Å². The van der Waals surface area contributed by atoms with Crippen LogP contribution >= 0.6 is 0 Å². The summed E-state index contributed by atoms with van der Waals surface area (Å²) in [6.07, 6.45) is -10.0. The number of amides is 1. The topological polar surface area (TPSA) is 49.3 Å². The molecule has 0 aromatic rings. The van der Waals surface area contributed by atoms with Gasteiger partial charge < -0.3 is 10.4 Å². The van der Waals surface area contributed by atoms with Crippen molar-refractivity contribution in [2.75, 3.05) is 6.54 Å². The molecule has 20 heavy (non-hydrogen) atoms. The molecule has 1 aliphatic carbocycles. The first-order chi connectivity index (χ1) is 9.01. The standard InChI is InChI=1S/C11H15F6NO2/c12-10(13,14)8(11(15,16)17)9(20)18-5-6-1-3-7(19)4-2-6/h6-8,19H,1-5H2,(H,18,20). The van der Waals surface area contributed by atoms with Gasteiger partial charge >= 0.3 is 12.4 Å². The summed E-state index contributed by atoms with van der Waals surface area (Å²) in [5.41, 5.74) is 0. The van der Waals surface area contributed by atoms with Crippen LogP contribution < -0.4 is 5.32 Å². The van der Waals surface area contributed by atoms with Crippen molar-refractivity contribution in [2.24, 2.45) is 11.8 Å². The van der Waals surface area contributed by atoms with E-state index in [4.69, 9.17) is 0 Å². The van der Waals surface area contributed by atoms with Crippen molar-refractivity contribution in [1.29, 1.82) is 0 Å². The lowest BCUT2D eigenvalue weighted by Gasteiger charge is -2.27. The van der Waals surface area contributed by atoms with Gasteiger partial charge in [0.25, 0.3) is 0 Å². The van der Waals surface area contributed by atoms with Gasteiger partial charge in [-0.15, -0.1) is 0 Å². The average molecular weight is 307 g/mol. The Kier molecular flexibility index (Phi) is 5.28. The fraction of sp³-hybridized carbons (Fsp3) is 0.909. The summed E-state index contributed by atoms with van der Waals surface area (Å²) in [5, 5.41) is 10.9. The lowest BCUT2D eigenvalue weighted by Crippen LogP contribution is -2.49. The average Bonchev–Trinajstić information content (AvgIpc) is 2.24. The number of aliphatic hydroxyl groups is 1. The highest BCUT2D eigenvalue weighted by atomic mass is 19.4. The van der Waals surface area contributed by atoms with Crippen molar-refractivity contribution in [3.63, 3.8) is 0 Å². The highest BCUT2D eigenvalue weighted by molar-refractivity contribution is 5.80. The summed E-state index contributed by atoms with van der Waals surface area (Å²) in [5.74, 6) is -6.27. The molecule has 0 unspecified atom stereocenters. The van der Waals surface area contributed by atoms with Crippen molar-refractivity contribution in [2.45, 2.75) is 44.1 Å². The number of hydrogen-bond acceptors (Lipinski definition) is 2. The van der Waals surface area contributed by atoms with Gasteiger partial charge in [0.15, 0.2) is 0 Å². The van der Waals surface area contributed by atoms with Crippen LogP contribution in [0, 0.1) is 11.8 Å². The summed E-state index contributed by atoms with van der Waals surface area (Å²) in [7, 11) is 0. The number of nitrogens with one attached hydrogen (secondary N) is 1. The van der Waals surface area contributed by atoms with Crippen molar-refractivity contribution in [3.05, 3.63) is 0 Å². The number of rotatable bonds is 3. The molecule has 0 radical (unpaired) electrons. The maximum atomic E-state index is 12.3. The van der Waals surface area contributed by atoms with Gasteiger partial charge in [-0.1, -0.05) is 0 Å². The molecule has 3 nitrogen and oxygen atoms in total. The molecule has 2 N–H and O–H groups in total. The normalized spacial score (nSPS) is 24.8. The van der Waals surface area contributed by atoms with Crippen LogP contribution in [0.3, 0.4) is 0 Å². The number of hydrogen-bond donors (Lipinski definition) is 2. The lowest BCUT2D eigenvalue weighted by atomic mass is 9.87. The minimum Gasteiger partial charge on any atom is -0.393 e. The Balaban J connectivity index is 2.55. The van der Waals surface area contributed by atoms with Crippen LogP contribution in [0.5, 0.6) is 0 Å². The Bertz CT molecular complexity index is 319. The number of carbonyl (C=O) groups is 1. The number of carbonyl (C=O) groups excluding carboxylic acids is 1. The monoisotopic (exact) mass is 307 g/mol. The first-order valence-corrected chi connectivity index (χ1v) is 6.11. The molecule has 1 saturated carbocycles. The van der Waals surface area contributed by atoms with E-state index in [1.165, 1.54) is 0 Å². The summed E-state index contributed by atoms with van der Waals surface area (Å²) in [6.45, 7) is -0.242. The number of halogens is 6. The highest BCUT2D eigenvalue weighted by Gasteiger charge is 2.61. The van der Waals surface area contributed by atoms with Crippen LogP contribution in [0.25, 0.3) is 0 Å². The largest absolute Gasteiger partial charge is 0.409 e. The molecule has 1 aliphatic rings. The van der Waals surface area contributed by atoms with Crippen LogP contribution in [-0.4, -0.2) is 36.0 Å². The molecule has 0 heterocycles. The first-order valence-electron chi connectivity index (χ1n) is 6.11. The maximum Gasteiger partial charge on any atom is 0.409 e. The van der Waals surface area contributed by atoms with E-state index in [1.807, 2.05) is 0 Å². The molecule has 1 rings (SSSR count). The lowest BCUT2D eigenvalue weighted by molar-refractivity contribution is -0.274. The Labute approximate surface area is 111 Å².